The number of rotatable bonds is 11. The maximum atomic E-state index is 12.2. The van der Waals surface area contributed by atoms with E-state index in [1.165, 1.54) is 0 Å². The number of amides is 2. The molecule has 9 nitrogen and oxygen atoms in total. The maximum Gasteiger partial charge on any atom is 0.325 e. The van der Waals surface area contributed by atoms with Gasteiger partial charge in [-0.25, -0.2) is 4.79 Å². The topological polar surface area (TPSA) is 109 Å². The fourth-order valence-electron chi connectivity index (χ4n) is 3.98. The Morgan fingerprint density at radius 2 is 1.97 bits per heavy atom. The number of benzene rings is 2. The second-order valence-corrected chi connectivity index (χ2v) is 8.60. The Morgan fingerprint density at radius 1 is 1.19 bits per heavy atom. The van der Waals surface area contributed by atoms with Crippen molar-refractivity contribution in [2.75, 3.05) is 38.6 Å². The van der Waals surface area contributed by atoms with Crippen molar-refractivity contribution in [1.82, 2.24) is 10.2 Å². The summed E-state index contributed by atoms with van der Waals surface area (Å²) in [5, 5.41) is 14.6. The minimum atomic E-state index is -0.646. The molecule has 0 unspecified atom stereocenters. The molecule has 3 rings (SSSR count). The molecule has 0 saturated carbocycles. The molecule has 0 spiro atoms. The maximum absolute atomic E-state index is 12.2. The first kappa shape index (κ1) is 27.3. The summed E-state index contributed by atoms with van der Waals surface area (Å²) in [4.78, 5) is 25.8. The minimum Gasteiger partial charge on any atom is -0.465 e. The lowest BCUT2D eigenvalue weighted by atomic mass is 9.99. The summed E-state index contributed by atoms with van der Waals surface area (Å²) in [5.41, 5.74) is 3.14. The molecule has 2 aromatic rings. The molecule has 0 aliphatic carbocycles. The second kappa shape index (κ2) is 13.7. The number of likely N-dealkylation sites (N-methyl/N-ethyl adjacent to an activating group) is 1. The number of ether oxygens (including phenoxy) is 3. The van der Waals surface area contributed by atoms with E-state index in [2.05, 4.69) is 22.1 Å². The number of aliphatic hydroxyl groups excluding tert-OH is 1. The van der Waals surface area contributed by atoms with Gasteiger partial charge in [0.2, 0.25) is 0 Å². The van der Waals surface area contributed by atoms with Crippen LogP contribution in [0.2, 0.25) is 0 Å². The van der Waals surface area contributed by atoms with Crippen LogP contribution in [0, 0.1) is 0 Å². The van der Waals surface area contributed by atoms with E-state index in [1.54, 1.807) is 19.1 Å². The molecule has 0 radical (unpaired) electrons. The standard InChI is InChI=1S/C27H35N3O6/c1-4-13-30(3)17-23-15-24(20-11-9-19(18-31)10-12-20)36-26(35-23)21-7-6-8-22(14-21)29-27(33)28-16-25(32)34-5-2/h4,6-12,14,23-24,26,31H,1,5,13,15-18H2,2-3H3,(H2,28,29,33)/t23-,24+,26+/m1/s1. The average Bonchev–Trinajstić information content (AvgIpc) is 2.88. The molecule has 0 aromatic heterocycles. The molecule has 1 heterocycles. The van der Waals surface area contributed by atoms with Gasteiger partial charge in [0.1, 0.15) is 6.54 Å². The van der Waals surface area contributed by atoms with Crippen LogP contribution in [-0.2, 0) is 25.6 Å². The van der Waals surface area contributed by atoms with E-state index in [9.17, 15) is 14.7 Å². The average molecular weight is 498 g/mol. The van der Waals surface area contributed by atoms with Gasteiger partial charge in [0.15, 0.2) is 6.29 Å². The fourth-order valence-corrected chi connectivity index (χ4v) is 3.98. The molecule has 1 aliphatic rings. The highest BCUT2D eigenvalue weighted by Crippen LogP contribution is 2.38. The number of nitrogens with zero attached hydrogens (tertiary/aromatic N) is 1. The van der Waals surface area contributed by atoms with Crippen molar-refractivity contribution in [3.8, 4) is 0 Å². The number of urea groups is 1. The van der Waals surface area contributed by atoms with E-state index in [1.807, 2.05) is 49.5 Å². The molecule has 2 aromatic carbocycles. The summed E-state index contributed by atoms with van der Waals surface area (Å²) in [6.07, 6.45) is 1.57. The fraction of sp³-hybridized carbons (Fsp3) is 0.407. The molecule has 36 heavy (non-hydrogen) atoms. The Hall–Kier alpha value is -3.24. The normalized spacial score (nSPS) is 19.5. The van der Waals surface area contributed by atoms with Gasteiger partial charge in [-0.2, -0.15) is 0 Å². The zero-order valence-corrected chi connectivity index (χ0v) is 20.8. The molecular formula is C27H35N3O6. The van der Waals surface area contributed by atoms with Crippen LogP contribution in [0.3, 0.4) is 0 Å². The molecule has 9 heteroatoms. The zero-order valence-electron chi connectivity index (χ0n) is 20.8. The first-order chi connectivity index (χ1) is 17.4. The minimum absolute atomic E-state index is 0.0142. The molecule has 1 fully saturated rings. The predicted molar refractivity (Wildman–Crippen MR) is 136 cm³/mol. The van der Waals surface area contributed by atoms with Gasteiger partial charge in [-0.05, 0) is 37.2 Å². The van der Waals surface area contributed by atoms with Crippen molar-refractivity contribution < 1.29 is 28.9 Å². The number of carbonyl (C=O) groups is 2. The zero-order chi connectivity index (χ0) is 25.9. The molecule has 1 saturated heterocycles. The lowest BCUT2D eigenvalue weighted by Gasteiger charge is -2.37. The number of hydrogen-bond acceptors (Lipinski definition) is 7. The van der Waals surface area contributed by atoms with Crippen LogP contribution in [0.5, 0.6) is 0 Å². The second-order valence-electron chi connectivity index (χ2n) is 8.60. The monoisotopic (exact) mass is 497 g/mol. The highest BCUT2D eigenvalue weighted by atomic mass is 16.7. The van der Waals surface area contributed by atoms with Gasteiger partial charge in [0.05, 0.1) is 25.4 Å². The molecule has 3 atom stereocenters. The van der Waals surface area contributed by atoms with Gasteiger partial charge in [-0.15, -0.1) is 6.58 Å². The summed E-state index contributed by atoms with van der Waals surface area (Å²) in [6.45, 7) is 6.97. The number of esters is 1. The van der Waals surface area contributed by atoms with Gasteiger partial charge in [0.25, 0.3) is 0 Å². The number of carbonyl (C=O) groups excluding carboxylic acids is 2. The van der Waals surface area contributed by atoms with Crippen LogP contribution < -0.4 is 10.6 Å². The first-order valence-electron chi connectivity index (χ1n) is 12.0. The first-order valence-corrected chi connectivity index (χ1v) is 12.0. The molecular weight excluding hydrogens is 462 g/mol. The Labute approximate surface area is 212 Å². The molecule has 0 bridgehead atoms. The largest absolute Gasteiger partial charge is 0.465 e. The van der Waals surface area contributed by atoms with Crippen molar-refractivity contribution in [1.29, 1.82) is 0 Å². The highest BCUT2D eigenvalue weighted by Gasteiger charge is 2.32. The van der Waals surface area contributed by atoms with Crippen molar-refractivity contribution in [2.45, 2.75) is 38.4 Å². The van der Waals surface area contributed by atoms with Crippen LogP contribution in [0.1, 0.15) is 42.4 Å². The summed E-state index contributed by atoms with van der Waals surface area (Å²) in [5.74, 6) is -0.504. The van der Waals surface area contributed by atoms with Gasteiger partial charge < -0.3 is 34.9 Å². The molecule has 194 valence electrons. The van der Waals surface area contributed by atoms with Crippen molar-refractivity contribution in [3.05, 3.63) is 77.9 Å². The third kappa shape index (κ3) is 8.17. The number of aliphatic hydroxyl groups is 1. The van der Waals surface area contributed by atoms with E-state index >= 15 is 0 Å². The number of nitrogens with one attached hydrogen (secondary N) is 2. The predicted octanol–water partition coefficient (Wildman–Crippen LogP) is 3.53. The van der Waals surface area contributed by atoms with E-state index in [0.29, 0.717) is 18.7 Å². The highest BCUT2D eigenvalue weighted by molar-refractivity contribution is 5.91. The van der Waals surface area contributed by atoms with E-state index in [0.717, 1.165) is 23.2 Å². The van der Waals surface area contributed by atoms with Gasteiger partial charge in [-0.3, -0.25) is 4.79 Å². The SMILES string of the molecule is C=CCN(C)C[C@H]1C[C@@H](c2ccc(CO)cc2)O[C@@H](c2cccc(NC(=O)NCC(=O)OCC)c2)O1. The Balaban J connectivity index is 1.73. The van der Waals surface area contributed by atoms with Gasteiger partial charge >= 0.3 is 12.0 Å². The Kier molecular flexibility index (Phi) is 10.4. The van der Waals surface area contributed by atoms with E-state index in [4.69, 9.17) is 14.2 Å². The van der Waals surface area contributed by atoms with Gasteiger partial charge in [-0.1, -0.05) is 42.5 Å². The Morgan fingerprint density at radius 3 is 2.67 bits per heavy atom. The van der Waals surface area contributed by atoms with Crippen LogP contribution >= 0.6 is 0 Å². The van der Waals surface area contributed by atoms with Crippen molar-refractivity contribution in [2.24, 2.45) is 0 Å². The molecule has 1 aliphatic heterocycles. The lowest BCUT2D eigenvalue weighted by Crippen LogP contribution is -2.38. The van der Waals surface area contributed by atoms with Crippen molar-refractivity contribution in [3.63, 3.8) is 0 Å². The molecule has 3 N–H and O–H groups in total. The van der Waals surface area contributed by atoms with E-state index in [-0.39, 0.29) is 32.0 Å². The lowest BCUT2D eigenvalue weighted by molar-refractivity contribution is -0.252. The van der Waals surface area contributed by atoms with Crippen LogP contribution in [0.25, 0.3) is 0 Å². The van der Waals surface area contributed by atoms with Gasteiger partial charge in [0, 0.05) is 30.8 Å². The van der Waals surface area contributed by atoms with E-state index < -0.39 is 18.3 Å². The molecule has 2 amide bonds. The van der Waals surface area contributed by atoms with Crippen LogP contribution in [-0.4, -0.2) is 61.4 Å². The summed E-state index contributed by atoms with van der Waals surface area (Å²) < 4.78 is 17.5. The summed E-state index contributed by atoms with van der Waals surface area (Å²) in [6, 6.07) is 14.4. The quantitative estimate of drug-likeness (QED) is 0.322. The van der Waals surface area contributed by atoms with Crippen LogP contribution in [0.15, 0.2) is 61.2 Å². The summed E-state index contributed by atoms with van der Waals surface area (Å²) >= 11 is 0. The Bertz CT molecular complexity index is 1010. The smallest absolute Gasteiger partial charge is 0.325 e. The number of hydrogen-bond donors (Lipinski definition) is 3. The third-order valence-electron chi connectivity index (χ3n) is 5.69. The van der Waals surface area contributed by atoms with Crippen molar-refractivity contribution >= 4 is 17.7 Å². The van der Waals surface area contributed by atoms with Crippen LogP contribution in [0.4, 0.5) is 10.5 Å². The summed E-state index contributed by atoms with van der Waals surface area (Å²) in [7, 11) is 2.01. The number of anilines is 1. The third-order valence-corrected chi connectivity index (χ3v) is 5.69.